The highest BCUT2D eigenvalue weighted by molar-refractivity contribution is 5.69. The van der Waals surface area contributed by atoms with Crippen LogP contribution in [0.2, 0.25) is 0 Å². The summed E-state index contributed by atoms with van der Waals surface area (Å²) in [6.07, 6.45) is -0.139. The van der Waals surface area contributed by atoms with Crippen LogP contribution in [-0.2, 0) is 90.9 Å². The molecule has 0 radical (unpaired) electrons. The third kappa shape index (κ3) is 15.4. The summed E-state index contributed by atoms with van der Waals surface area (Å²) in [5.41, 5.74) is 3.66. The molecule has 0 spiro atoms. The van der Waals surface area contributed by atoms with Crippen LogP contribution in [0.25, 0.3) is 0 Å². The van der Waals surface area contributed by atoms with Crippen LogP contribution < -0.4 is 0 Å². The average molecular weight is 1110 g/mol. The van der Waals surface area contributed by atoms with Crippen molar-refractivity contribution in [1.29, 1.82) is 0 Å². The molecule has 0 aromatic heterocycles. The molecule has 5 saturated heterocycles. The van der Waals surface area contributed by atoms with E-state index >= 15 is 0 Å². The fourth-order valence-electron chi connectivity index (χ4n) is 11.7. The molecule has 0 unspecified atom stereocenters. The predicted molar refractivity (Wildman–Crippen MR) is 296 cm³/mol. The molecule has 0 N–H and O–H groups in total. The number of hydrogen-bond donors (Lipinski definition) is 0. The van der Waals surface area contributed by atoms with E-state index in [-0.39, 0.29) is 39.0 Å². The number of esters is 1. The van der Waals surface area contributed by atoms with Gasteiger partial charge in [0, 0.05) is 12.0 Å². The maximum Gasteiger partial charge on any atom is 0.306 e. The monoisotopic (exact) mass is 1100 g/mol. The van der Waals surface area contributed by atoms with Crippen molar-refractivity contribution in [3.05, 3.63) is 156 Å². The zero-order valence-electron chi connectivity index (χ0n) is 47.2. The summed E-state index contributed by atoms with van der Waals surface area (Å²) in [5, 5.41) is 0. The van der Waals surface area contributed by atoms with Crippen LogP contribution in [0.1, 0.15) is 134 Å². The van der Waals surface area contributed by atoms with Crippen molar-refractivity contribution in [2.45, 2.75) is 235 Å². The highest BCUT2D eigenvalue weighted by atomic mass is 16.8. The Labute approximate surface area is 473 Å². The lowest BCUT2D eigenvalue weighted by Gasteiger charge is -2.52. The molecule has 6 aliphatic rings. The number of hydrogen-bond acceptors (Lipinski definition) is 15. The zero-order chi connectivity index (χ0) is 55.3. The standard InChI is InChI=1S/C65H84O15/c1-6-7-17-36-49-37-26-11-9-8-10-12-27-38-51(66)75-58-55(68-40-46-30-20-14-21-31-46)52(67-39-45-28-18-13-19-29-45)43(2)71-63(58)77-59-56(69-41-47-32-22-15-23-33-47)54-50(42-70-61(76-54)48-34-24-16-25-35-48)74-64(59)78-60-57-53(79-65(4,5)80-57)44(3)72-62(60)73-49/h8-9,13-16,18-25,28-35,43-44,49-50,52-64H,6-7,10-12,17,26-27,36-42H2,1-5H3/b9-8+/t43-,44+,49-,50+,52-,53-,54+,55+,56-,57-,58+,59+,60-,61+,62+,63-,64-/m0/s1. The van der Waals surface area contributed by atoms with Gasteiger partial charge in [-0.25, -0.2) is 0 Å². The molecule has 6 aliphatic heterocycles. The average Bonchev–Trinajstić information content (AvgIpc) is 3.92. The Balaban J connectivity index is 1.07. The van der Waals surface area contributed by atoms with Crippen LogP contribution in [-0.4, -0.2) is 117 Å². The van der Waals surface area contributed by atoms with Crippen molar-refractivity contribution < 1.29 is 71.1 Å². The Hall–Kier alpha value is -4.43. The summed E-state index contributed by atoms with van der Waals surface area (Å²) < 4.78 is 97.8. The van der Waals surface area contributed by atoms with Crippen LogP contribution in [0.3, 0.4) is 0 Å². The van der Waals surface area contributed by atoms with E-state index in [2.05, 4.69) is 19.1 Å². The van der Waals surface area contributed by atoms with Crippen molar-refractivity contribution in [1.82, 2.24) is 0 Å². The van der Waals surface area contributed by atoms with Crippen molar-refractivity contribution in [2.24, 2.45) is 0 Å². The second kappa shape index (κ2) is 28.7. The van der Waals surface area contributed by atoms with Gasteiger partial charge in [-0.15, -0.1) is 0 Å². The van der Waals surface area contributed by atoms with Gasteiger partial charge >= 0.3 is 5.97 Å². The Morgan fingerprint density at radius 3 is 1.75 bits per heavy atom. The van der Waals surface area contributed by atoms with Gasteiger partial charge in [-0.3, -0.25) is 4.79 Å². The minimum atomic E-state index is -1.28. The first-order valence-electron chi connectivity index (χ1n) is 29.5. The topological polar surface area (TPSA) is 146 Å². The van der Waals surface area contributed by atoms with E-state index in [1.807, 2.05) is 149 Å². The molecule has 434 valence electrons. The number of carbonyl (C=O) groups is 1. The first kappa shape index (κ1) is 58.8. The smallest absolute Gasteiger partial charge is 0.306 e. The number of carbonyl (C=O) groups excluding carboxylic acids is 1. The fraction of sp³-hybridized carbons (Fsp3) is 0.585. The van der Waals surface area contributed by atoms with Crippen LogP contribution in [0.5, 0.6) is 0 Å². The first-order chi connectivity index (χ1) is 39.1. The second-order valence-electron chi connectivity index (χ2n) is 22.5. The Kier molecular flexibility index (Phi) is 21.1. The number of benzene rings is 4. The SMILES string of the molecule is CCCCC[C@H]1CCC/C=C/CCCCC(=O)O[C@H]2[C@H](O[C@H]3[C@H](O[C@@H]4[C@@H](O1)O[C@H](C)[C@@H]1OC(C)(C)O[C@H]41)O[C@@H]1CO[C@@H](c4ccccc4)O[C@H]1[C@@H]3OCc1ccccc1)O[C@@H](C)[C@H](OCc1ccccc1)[C@H]2OCc1ccccc1. The van der Waals surface area contributed by atoms with E-state index < -0.39 is 110 Å². The number of ether oxygens (including phenoxy) is 14. The minimum absolute atomic E-state index is 0.133. The second-order valence-corrected chi connectivity index (χ2v) is 22.5. The Morgan fingerprint density at radius 1 is 0.525 bits per heavy atom. The minimum Gasteiger partial charge on any atom is -0.454 e. The Bertz CT molecular complexity index is 2480. The molecular formula is C65H84O15. The van der Waals surface area contributed by atoms with E-state index in [4.69, 9.17) is 66.3 Å². The highest BCUT2D eigenvalue weighted by Crippen LogP contribution is 2.44. The molecule has 0 aliphatic carbocycles. The van der Waals surface area contributed by atoms with Crippen LogP contribution in [0, 0.1) is 0 Å². The summed E-state index contributed by atoms with van der Waals surface area (Å²) in [6.45, 7) is 10.7. The molecule has 5 fully saturated rings. The largest absolute Gasteiger partial charge is 0.454 e. The number of fused-ring (bicyclic) bond motifs is 6. The van der Waals surface area contributed by atoms with E-state index in [1.54, 1.807) is 0 Å². The van der Waals surface area contributed by atoms with Gasteiger partial charge in [-0.05, 0) is 89.3 Å². The number of rotatable bonds is 14. The summed E-state index contributed by atoms with van der Waals surface area (Å²) in [6, 6.07) is 39.6. The number of allylic oxidation sites excluding steroid dienone is 2. The van der Waals surface area contributed by atoms with Gasteiger partial charge in [0.25, 0.3) is 0 Å². The molecule has 80 heavy (non-hydrogen) atoms. The third-order valence-corrected chi connectivity index (χ3v) is 15.9. The van der Waals surface area contributed by atoms with Gasteiger partial charge in [0.1, 0.15) is 54.9 Å². The van der Waals surface area contributed by atoms with Gasteiger partial charge in [-0.1, -0.05) is 160 Å². The van der Waals surface area contributed by atoms with Crippen LogP contribution in [0.15, 0.2) is 133 Å². The third-order valence-electron chi connectivity index (χ3n) is 15.9. The molecule has 15 nitrogen and oxygen atoms in total. The molecule has 4 aromatic rings. The molecule has 6 heterocycles. The summed E-state index contributed by atoms with van der Waals surface area (Å²) in [7, 11) is 0. The van der Waals surface area contributed by atoms with Gasteiger partial charge in [-0.2, -0.15) is 0 Å². The Morgan fingerprint density at radius 2 is 1.09 bits per heavy atom. The fourth-order valence-corrected chi connectivity index (χ4v) is 11.7. The first-order valence-corrected chi connectivity index (χ1v) is 29.5. The van der Waals surface area contributed by atoms with Gasteiger partial charge < -0.3 is 66.3 Å². The molecule has 10 rings (SSSR count). The summed E-state index contributed by atoms with van der Waals surface area (Å²) in [4.78, 5) is 14.5. The summed E-state index contributed by atoms with van der Waals surface area (Å²) in [5.74, 6) is -1.38. The van der Waals surface area contributed by atoms with E-state index in [0.29, 0.717) is 6.42 Å². The molecule has 4 aromatic carbocycles. The normalized spacial score (nSPS) is 35.6. The van der Waals surface area contributed by atoms with Gasteiger partial charge in [0.2, 0.25) is 0 Å². The maximum atomic E-state index is 14.5. The molecule has 0 bridgehead atoms. The molecule has 15 heteroatoms. The van der Waals surface area contributed by atoms with Crippen molar-refractivity contribution in [3.8, 4) is 0 Å². The van der Waals surface area contributed by atoms with Gasteiger partial charge in [0.15, 0.2) is 37.1 Å². The van der Waals surface area contributed by atoms with E-state index in [1.165, 1.54) is 0 Å². The summed E-state index contributed by atoms with van der Waals surface area (Å²) >= 11 is 0. The van der Waals surface area contributed by atoms with E-state index in [9.17, 15) is 4.79 Å². The van der Waals surface area contributed by atoms with Crippen molar-refractivity contribution >= 4 is 5.97 Å². The van der Waals surface area contributed by atoms with Crippen molar-refractivity contribution in [3.63, 3.8) is 0 Å². The van der Waals surface area contributed by atoms with Gasteiger partial charge in [0.05, 0.1) is 44.7 Å². The maximum absolute atomic E-state index is 14.5. The lowest BCUT2D eigenvalue weighted by Crippen LogP contribution is -2.68. The molecule has 0 saturated carbocycles. The molecular weight excluding hydrogens is 1020 g/mol. The lowest BCUT2D eigenvalue weighted by molar-refractivity contribution is -0.414. The number of unbranched alkanes of at least 4 members (excludes halogenated alkanes) is 2. The lowest BCUT2D eigenvalue weighted by atomic mass is 9.95. The quantitative estimate of drug-likeness (QED) is 0.0670. The zero-order valence-corrected chi connectivity index (χ0v) is 47.2. The molecule has 17 atom stereocenters. The predicted octanol–water partition coefficient (Wildman–Crippen LogP) is 11.5. The van der Waals surface area contributed by atoms with Crippen LogP contribution in [0.4, 0.5) is 0 Å². The highest BCUT2D eigenvalue weighted by Gasteiger charge is 2.60. The van der Waals surface area contributed by atoms with Crippen molar-refractivity contribution in [2.75, 3.05) is 6.61 Å². The van der Waals surface area contributed by atoms with E-state index in [0.717, 1.165) is 80.0 Å². The van der Waals surface area contributed by atoms with Crippen LogP contribution >= 0.6 is 0 Å². The molecule has 0 amide bonds.